The van der Waals surface area contributed by atoms with Gasteiger partial charge in [-0.1, -0.05) is 0 Å². The van der Waals surface area contributed by atoms with Crippen molar-refractivity contribution in [1.29, 1.82) is 0 Å². The van der Waals surface area contributed by atoms with E-state index in [1.165, 1.54) is 16.1 Å². The Morgan fingerprint density at radius 1 is 1.30 bits per heavy atom. The number of amides is 1. The summed E-state index contributed by atoms with van der Waals surface area (Å²) in [5, 5.41) is 3.14. The third kappa shape index (κ3) is 4.44. The predicted molar refractivity (Wildman–Crippen MR) is 93.6 cm³/mol. The molecule has 1 aromatic rings. The normalized spacial score (nSPS) is 19.0. The second-order valence-corrected chi connectivity index (χ2v) is 7.50. The summed E-state index contributed by atoms with van der Waals surface area (Å²) in [5.74, 6) is -0.0940. The van der Waals surface area contributed by atoms with Crippen LogP contribution in [0.2, 0.25) is 0 Å². The number of piperidine rings is 1. The number of halogens is 1. The van der Waals surface area contributed by atoms with Crippen LogP contribution in [0, 0.1) is 0 Å². The first-order valence-electron chi connectivity index (χ1n) is 7.38. The number of likely N-dealkylation sites (N-methyl/N-ethyl adjacent to an activating group) is 1. The maximum atomic E-state index is 12.7. The van der Waals surface area contributed by atoms with E-state index in [1.54, 1.807) is 31.3 Å². The Morgan fingerprint density at radius 2 is 1.91 bits per heavy atom. The number of anilines is 1. The molecule has 1 heterocycles. The Morgan fingerprint density at radius 3 is 2.43 bits per heavy atom. The molecule has 0 bridgehead atoms. The molecule has 1 aliphatic heterocycles. The van der Waals surface area contributed by atoms with Crippen LogP contribution in [0.1, 0.15) is 19.8 Å². The van der Waals surface area contributed by atoms with Gasteiger partial charge in [0.2, 0.25) is 15.9 Å². The van der Waals surface area contributed by atoms with Gasteiger partial charge in [0.1, 0.15) is 0 Å². The first-order valence-corrected chi connectivity index (χ1v) is 8.82. The van der Waals surface area contributed by atoms with Gasteiger partial charge in [0.25, 0.3) is 0 Å². The van der Waals surface area contributed by atoms with Gasteiger partial charge in [-0.25, -0.2) is 8.42 Å². The second-order valence-electron chi connectivity index (χ2n) is 5.56. The molecule has 130 valence electrons. The molecule has 1 unspecified atom stereocenters. The molecule has 1 aromatic carbocycles. The second kappa shape index (κ2) is 8.10. The lowest BCUT2D eigenvalue weighted by Gasteiger charge is -2.31. The van der Waals surface area contributed by atoms with Crippen LogP contribution in [0.5, 0.6) is 0 Å². The maximum Gasteiger partial charge on any atom is 0.243 e. The number of nitrogens with one attached hydrogen (secondary N) is 1. The quantitative estimate of drug-likeness (QED) is 0.881. The average molecular weight is 362 g/mol. The zero-order valence-electron chi connectivity index (χ0n) is 13.7. The number of benzene rings is 1. The van der Waals surface area contributed by atoms with Crippen molar-refractivity contribution in [3.63, 3.8) is 0 Å². The summed E-state index contributed by atoms with van der Waals surface area (Å²) in [6.07, 6.45) is 1.85. The van der Waals surface area contributed by atoms with Crippen LogP contribution in [-0.2, 0) is 14.8 Å². The number of carbonyl (C=O) groups is 1. The van der Waals surface area contributed by atoms with Gasteiger partial charge >= 0.3 is 0 Å². The van der Waals surface area contributed by atoms with E-state index >= 15 is 0 Å². The van der Waals surface area contributed by atoms with Crippen molar-refractivity contribution in [3.05, 3.63) is 24.3 Å². The number of hydrogen-bond acceptors (Lipinski definition) is 4. The highest BCUT2D eigenvalue weighted by Crippen LogP contribution is 2.23. The summed E-state index contributed by atoms with van der Waals surface area (Å²) in [5.41, 5.74) is 0.679. The fraction of sp³-hybridized carbons (Fsp3) is 0.533. The van der Waals surface area contributed by atoms with Gasteiger partial charge < -0.3 is 10.2 Å². The number of sulfonamides is 1. The summed E-state index contributed by atoms with van der Waals surface area (Å²) >= 11 is 0. The van der Waals surface area contributed by atoms with E-state index in [2.05, 4.69) is 5.32 Å². The highest BCUT2D eigenvalue weighted by atomic mass is 35.5. The first-order chi connectivity index (χ1) is 10.4. The minimum Gasteiger partial charge on any atom is -0.316 e. The Bertz CT molecular complexity index is 634. The molecule has 8 heteroatoms. The van der Waals surface area contributed by atoms with Crippen LogP contribution in [0.3, 0.4) is 0 Å². The third-order valence-corrected chi connectivity index (χ3v) is 6.01. The van der Waals surface area contributed by atoms with Crippen molar-refractivity contribution >= 4 is 34.0 Å². The Kier molecular flexibility index (Phi) is 7.01. The van der Waals surface area contributed by atoms with Crippen molar-refractivity contribution < 1.29 is 13.2 Å². The van der Waals surface area contributed by atoms with Crippen LogP contribution in [0.15, 0.2) is 29.2 Å². The zero-order chi connectivity index (χ0) is 16.3. The third-order valence-electron chi connectivity index (χ3n) is 4.13. The van der Waals surface area contributed by atoms with Gasteiger partial charge in [0.15, 0.2) is 0 Å². The lowest BCUT2D eigenvalue weighted by atomic mass is 10.1. The highest BCUT2D eigenvalue weighted by molar-refractivity contribution is 7.89. The molecule has 0 spiro atoms. The smallest absolute Gasteiger partial charge is 0.243 e. The van der Waals surface area contributed by atoms with Crippen LogP contribution >= 0.6 is 12.4 Å². The zero-order valence-corrected chi connectivity index (χ0v) is 15.3. The summed E-state index contributed by atoms with van der Waals surface area (Å²) in [6, 6.07) is 6.65. The molecular formula is C15H24ClN3O3S. The molecular weight excluding hydrogens is 338 g/mol. The SMILES string of the molecule is CNC1CCCN(S(=O)(=O)c2ccc(N(C)C(C)=O)cc2)C1.Cl. The molecule has 1 atom stereocenters. The molecule has 6 nitrogen and oxygen atoms in total. The summed E-state index contributed by atoms with van der Waals surface area (Å²) in [4.78, 5) is 13.1. The fourth-order valence-corrected chi connectivity index (χ4v) is 4.09. The van der Waals surface area contributed by atoms with Crippen LogP contribution < -0.4 is 10.2 Å². The molecule has 23 heavy (non-hydrogen) atoms. The van der Waals surface area contributed by atoms with E-state index < -0.39 is 10.0 Å². The van der Waals surface area contributed by atoms with Crippen molar-refractivity contribution in [3.8, 4) is 0 Å². The molecule has 1 aliphatic rings. The predicted octanol–water partition coefficient (Wildman–Crippen LogP) is 1.46. The van der Waals surface area contributed by atoms with E-state index in [9.17, 15) is 13.2 Å². The lowest BCUT2D eigenvalue weighted by Crippen LogP contribution is -2.46. The number of carbonyl (C=O) groups excluding carboxylic acids is 1. The molecule has 0 saturated carbocycles. The molecule has 0 aliphatic carbocycles. The average Bonchev–Trinajstić information content (AvgIpc) is 2.54. The van der Waals surface area contributed by atoms with Crippen molar-refractivity contribution in [2.75, 3.05) is 32.1 Å². The van der Waals surface area contributed by atoms with Crippen LogP contribution in [0.4, 0.5) is 5.69 Å². The standard InChI is InChI=1S/C15H23N3O3S.ClH/c1-12(19)17(3)14-6-8-15(9-7-14)22(20,21)18-10-4-5-13(11-18)16-2;/h6-9,13,16H,4-5,10-11H2,1-3H3;1H. The summed E-state index contributed by atoms with van der Waals surface area (Å²) in [6.45, 7) is 2.51. The van der Waals surface area contributed by atoms with Gasteiger partial charge in [-0.2, -0.15) is 4.31 Å². The number of nitrogens with zero attached hydrogens (tertiary/aromatic N) is 2. The van der Waals surface area contributed by atoms with Gasteiger partial charge in [0.05, 0.1) is 4.90 Å². The molecule has 1 fully saturated rings. The van der Waals surface area contributed by atoms with Crippen molar-refractivity contribution in [2.24, 2.45) is 0 Å². The van der Waals surface area contributed by atoms with Gasteiger partial charge in [-0.15, -0.1) is 12.4 Å². The van der Waals surface area contributed by atoms with Crippen molar-refractivity contribution in [1.82, 2.24) is 9.62 Å². The molecule has 1 amide bonds. The topological polar surface area (TPSA) is 69.7 Å². The van der Waals surface area contributed by atoms with E-state index in [-0.39, 0.29) is 29.3 Å². The van der Waals surface area contributed by atoms with Crippen molar-refractivity contribution in [2.45, 2.75) is 30.7 Å². The minimum atomic E-state index is -3.48. The molecule has 0 aromatic heterocycles. The molecule has 0 radical (unpaired) electrons. The Labute approximate surface area is 144 Å². The monoisotopic (exact) mass is 361 g/mol. The highest BCUT2D eigenvalue weighted by Gasteiger charge is 2.29. The van der Waals surface area contributed by atoms with E-state index in [4.69, 9.17) is 0 Å². The van der Waals surface area contributed by atoms with E-state index in [0.29, 0.717) is 18.8 Å². The van der Waals surface area contributed by atoms with E-state index in [1.807, 2.05) is 7.05 Å². The van der Waals surface area contributed by atoms with Gasteiger partial charge in [0, 0.05) is 38.8 Å². The fourth-order valence-electron chi connectivity index (χ4n) is 2.57. The minimum absolute atomic E-state index is 0. The molecule has 1 N–H and O–H groups in total. The number of hydrogen-bond donors (Lipinski definition) is 1. The lowest BCUT2D eigenvalue weighted by molar-refractivity contribution is -0.116. The Hall–Kier alpha value is -1.15. The van der Waals surface area contributed by atoms with Gasteiger partial charge in [-0.05, 0) is 44.2 Å². The first kappa shape index (κ1) is 19.9. The molecule has 1 saturated heterocycles. The van der Waals surface area contributed by atoms with Gasteiger partial charge in [-0.3, -0.25) is 4.79 Å². The summed E-state index contributed by atoms with van der Waals surface area (Å²) in [7, 11) is 0.0372. The van der Waals surface area contributed by atoms with Crippen LogP contribution in [-0.4, -0.2) is 51.9 Å². The summed E-state index contributed by atoms with van der Waals surface area (Å²) < 4.78 is 26.9. The maximum absolute atomic E-state index is 12.7. The number of rotatable bonds is 4. The van der Waals surface area contributed by atoms with Crippen LogP contribution in [0.25, 0.3) is 0 Å². The largest absolute Gasteiger partial charge is 0.316 e. The molecule has 2 rings (SSSR count). The van der Waals surface area contributed by atoms with E-state index in [0.717, 1.165) is 12.8 Å². The Balaban J connectivity index is 0.00000264.